The van der Waals surface area contributed by atoms with Gasteiger partial charge in [-0.15, -0.1) is 0 Å². The molecule has 0 aliphatic carbocycles. The van der Waals surface area contributed by atoms with Gasteiger partial charge in [0.25, 0.3) is 5.56 Å². The minimum Gasteiger partial charge on any atom is -0.481 e. The number of aliphatic carboxylic acids is 2. The van der Waals surface area contributed by atoms with Gasteiger partial charge in [0.1, 0.15) is 11.7 Å². The Labute approximate surface area is 154 Å². The highest BCUT2D eigenvalue weighted by Gasteiger charge is 2.59. The minimum atomic E-state index is -2.21. The summed E-state index contributed by atoms with van der Waals surface area (Å²) >= 11 is 3.10. The first-order valence-electron chi connectivity index (χ1n) is 7.43. The van der Waals surface area contributed by atoms with Gasteiger partial charge in [-0.1, -0.05) is 15.9 Å². The lowest BCUT2D eigenvalue weighted by Crippen LogP contribution is -2.52. The first-order chi connectivity index (χ1) is 12.0. The molecule has 12 heteroatoms. The molecule has 0 amide bonds. The smallest absolute Gasteiger partial charge is 0.330 e. The second-order valence-corrected chi connectivity index (χ2v) is 7.04. The number of carboxylic acids is 2. The number of carbonyl (C=O) groups is 2. The molecular formula is C14H17BrN2O9. The van der Waals surface area contributed by atoms with Crippen LogP contribution in [0, 0.1) is 6.92 Å². The fraction of sp³-hybridized carbons (Fsp3) is 0.571. The third-order valence-corrected chi connectivity index (χ3v) is 5.34. The maximum absolute atomic E-state index is 12.1. The third kappa shape index (κ3) is 3.72. The Morgan fingerprint density at radius 3 is 2.54 bits per heavy atom. The average Bonchev–Trinajstić information content (AvgIpc) is 2.74. The zero-order chi connectivity index (χ0) is 19.8. The largest absolute Gasteiger partial charge is 0.481 e. The topological polar surface area (TPSA) is 179 Å². The number of aromatic amines is 1. The van der Waals surface area contributed by atoms with Gasteiger partial charge in [0.15, 0.2) is 6.23 Å². The average molecular weight is 437 g/mol. The fourth-order valence-electron chi connectivity index (χ4n) is 2.87. The van der Waals surface area contributed by atoms with Crippen LogP contribution in [0.1, 0.15) is 24.6 Å². The Balaban J connectivity index is 2.50. The van der Waals surface area contributed by atoms with Crippen molar-refractivity contribution in [2.75, 3.05) is 0 Å². The zero-order valence-electron chi connectivity index (χ0n) is 13.5. The summed E-state index contributed by atoms with van der Waals surface area (Å²) in [7, 11) is 0. The number of rotatable bonds is 6. The third-order valence-electron chi connectivity index (χ3n) is 4.09. The summed E-state index contributed by atoms with van der Waals surface area (Å²) in [5.41, 5.74) is -3.56. The number of ether oxygens (including phenoxy) is 1. The first-order valence-corrected chi connectivity index (χ1v) is 8.34. The van der Waals surface area contributed by atoms with E-state index in [0.29, 0.717) is 0 Å². The quantitative estimate of drug-likeness (QED) is 0.333. The maximum atomic E-state index is 12.1. The van der Waals surface area contributed by atoms with Crippen LogP contribution in [0.25, 0.3) is 0 Å². The van der Waals surface area contributed by atoms with Crippen molar-refractivity contribution in [2.24, 2.45) is 0 Å². The Morgan fingerprint density at radius 2 is 2.00 bits per heavy atom. The summed E-state index contributed by atoms with van der Waals surface area (Å²) in [6, 6.07) is 0. The van der Waals surface area contributed by atoms with Crippen molar-refractivity contribution in [2.45, 2.75) is 48.6 Å². The van der Waals surface area contributed by atoms with E-state index < -0.39 is 64.9 Å². The Morgan fingerprint density at radius 1 is 1.38 bits per heavy atom. The molecule has 1 aromatic heterocycles. The number of aryl methyl sites for hydroxylation is 1. The van der Waals surface area contributed by atoms with Gasteiger partial charge < -0.3 is 25.2 Å². The standard InChI is InChI=1S/C14H17BrN2O9/c1-5-4-17(13(24)16-11(5)23)12-9(15)14(25,3-8(21)22)10(26-12)6(18)2-7(19)20/h4,6,9-10,12,18,25H,2-3H2,1H3,(H,19,20)(H,21,22)(H,16,23,24)/t6?,9-,10+,12+,14-/m0/s1. The van der Waals surface area contributed by atoms with Crippen molar-refractivity contribution in [3.63, 3.8) is 0 Å². The van der Waals surface area contributed by atoms with Gasteiger partial charge in [0.2, 0.25) is 0 Å². The van der Waals surface area contributed by atoms with Gasteiger partial charge in [-0.25, -0.2) is 4.79 Å². The fourth-order valence-corrected chi connectivity index (χ4v) is 3.67. The molecule has 0 aromatic carbocycles. The summed E-state index contributed by atoms with van der Waals surface area (Å²) in [5, 5.41) is 38.8. The number of aromatic nitrogens is 2. The molecule has 1 fully saturated rings. The summed E-state index contributed by atoms with van der Waals surface area (Å²) < 4.78 is 6.41. The maximum Gasteiger partial charge on any atom is 0.330 e. The lowest BCUT2D eigenvalue weighted by molar-refractivity contribution is -0.156. The summed E-state index contributed by atoms with van der Waals surface area (Å²) in [4.78, 5) is 46.4. The molecule has 144 valence electrons. The van der Waals surface area contributed by atoms with E-state index in [9.17, 15) is 29.4 Å². The molecule has 0 spiro atoms. The van der Waals surface area contributed by atoms with Crippen LogP contribution in [-0.2, 0) is 14.3 Å². The van der Waals surface area contributed by atoms with Gasteiger partial charge >= 0.3 is 17.6 Å². The molecular weight excluding hydrogens is 420 g/mol. The number of alkyl halides is 1. The Bertz CT molecular complexity index is 834. The van der Waals surface area contributed by atoms with Gasteiger partial charge in [-0.3, -0.25) is 23.9 Å². The van der Waals surface area contributed by atoms with Crippen LogP contribution in [0.15, 0.2) is 15.8 Å². The van der Waals surface area contributed by atoms with Gasteiger partial charge in [-0.2, -0.15) is 0 Å². The molecule has 1 aliphatic heterocycles. The highest BCUT2D eigenvalue weighted by Crippen LogP contribution is 2.45. The number of nitrogens with zero attached hydrogens (tertiary/aromatic N) is 1. The summed E-state index contributed by atoms with van der Waals surface area (Å²) in [6.45, 7) is 1.42. The molecule has 0 saturated carbocycles. The van der Waals surface area contributed by atoms with Crippen LogP contribution in [-0.4, -0.2) is 64.6 Å². The van der Waals surface area contributed by atoms with Gasteiger partial charge in [0, 0.05) is 11.8 Å². The van der Waals surface area contributed by atoms with Crippen molar-refractivity contribution in [1.82, 2.24) is 9.55 Å². The van der Waals surface area contributed by atoms with Crippen molar-refractivity contribution < 1.29 is 34.8 Å². The molecule has 11 nitrogen and oxygen atoms in total. The SMILES string of the molecule is Cc1cn([C@@H]2O[C@H](C(O)CC(=O)O)[C@](O)(CC(=O)O)[C@H]2Br)c(=O)[nH]c1=O. The first kappa shape index (κ1) is 20.3. The van der Waals surface area contributed by atoms with Crippen LogP contribution < -0.4 is 11.2 Å². The van der Waals surface area contributed by atoms with Gasteiger partial charge in [-0.05, 0) is 6.92 Å². The number of aliphatic hydroxyl groups excluding tert-OH is 1. The molecule has 1 unspecified atom stereocenters. The molecule has 1 saturated heterocycles. The predicted octanol–water partition coefficient (Wildman–Crippen LogP) is -1.45. The molecule has 5 atom stereocenters. The molecule has 5 N–H and O–H groups in total. The molecule has 26 heavy (non-hydrogen) atoms. The van der Waals surface area contributed by atoms with E-state index in [4.69, 9.17) is 14.9 Å². The van der Waals surface area contributed by atoms with Crippen molar-refractivity contribution in [3.05, 3.63) is 32.6 Å². The van der Waals surface area contributed by atoms with E-state index >= 15 is 0 Å². The minimum absolute atomic E-state index is 0.157. The number of hydrogen-bond acceptors (Lipinski definition) is 7. The summed E-state index contributed by atoms with van der Waals surface area (Å²) in [6.07, 6.45) is -5.16. The number of carboxylic acid groups (broad SMARTS) is 2. The molecule has 2 rings (SSSR count). The number of halogens is 1. The monoisotopic (exact) mass is 436 g/mol. The highest BCUT2D eigenvalue weighted by atomic mass is 79.9. The molecule has 1 aliphatic rings. The lowest BCUT2D eigenvalue weighted by atomic mass is 9.87. The number of H-pyrrole nitrogens is 1. The van der Waals surface area contributed by atoms with Crippen molar-refractivity contribution in [1.29, 1.82) is 0 Å². The van der Waals surface area contributed by atoms with E-state index in [0.717, 1.165) is 10.8 Å². The van der Waals surface area contributed by atoms with E-state index in [1.807, 2.05) is 4.98 Å². The number of hydrogen-bond donors (Lipinski definition) is 5. The lowest BCUT2D eigenvalue weighted by Gasteiger charge is -2.31. The second kappa shape index (κ2) is 7.31. The van der Waals surface area contributed by atoms with E-state index in [-0.39, 0.29) is 5.56 Å². The number of aliphatic hydroxyl groups is 2. The number of nitrogens with one attached hydrogen (secondary N) is 1. The van der Waals surface area contributed by atoms with E-state index in [1.165, 1.54) is 6.92 Å². The Kier molecular flexibility index (Phi) is 5.70. The summed E-state index contributed by atoms with van der Waals surface area (Å²) in [5.74, 6) is -2.80. The molecule has 0 bridgehead atoms. The van der Waals surface area contributed by atoms with Crippen LogP contribution in [0.4, 0.5) is 0 Å². The molecule has 2 heterocycles. The zero-order valence-corrected chi connectivity index (χ0v) is 15.0. The van der Waals surface area contributed by atoms with E-state index in [2.05, 4.69) is 15.9 Å². The normalized spacial score (nSPS) is 29.5. The van der Waals surface area contributed by atoms with Crippen LogP contribution >= 0.6 is 15.9 Å². The van der Waals surface area contributed by atoms with Gasteiger partial charge in [0.05, 0.1) is 23.8 Å². The van der Waals surface area contributed by atoms with Crippen molar-refractivity contribution in [3.8, 4) is 0 Å². The second-order valence-electron chi connectivity index (χ2n) is 6.05. The molecule has 0 radical (unpaired) electrons. The molecule has 1 aromatic rings. The predicted molar refractivity (Wildman–Crippen MR) is 88.1 cm³/mol. The Hall–Kier alpha value is -2.02. The highest BCUT2D eigenvalue weighted by molar-refractivity contribution is 9.09. The van der Waals surface area contributed by atoms with Crippen LogP contribution in [0.2, 0.25) is 0 Å². The van der Waals surface area contributed by atoms with Crippen LogP contribution in [0.5, 0.6) is 0 Å². The van der Waals surface area contributed by atoms with Crippen molar-refractivity contribution >= 4 is 27.9 Å². The van der Waals surface area contributed by atoms with E-state index in [1.54, 1.807) is 0 Å². The van der Waals surface area contributed by atoms with Crippen LogP contribution in [0.3, 0.4) is 0 Å².